The summed E-state index contributed by atoms with van der Waals surface area (Å²) in [4.78, 5) is 27.8. The second-order valence-electron chi connectivity index (χ2n) is 6.66. The Morgan fingerprint density at radius 1 is 1.10 bits per heavy atom. The molecular weight excluding hydrogens is 384 g/mol. The van der Waals surface area contributed by atoms with Crippen LogP contribution < -0.4 is 10.1 Å². The molecule has 0 spiro atoms. The quantitative estimate of drug-likeness (QED) is 0.394. The molecule has 30 heavy (non-hydrogen) atoms. The van der Waals surface area contributed by atoms with Gasteiger partial charge < -0.3 is 14.6 Å². The predicted molar refractivity (Wildman–Crippen MR) is 114 cm³/mol. The van der Waals surface area contributed by atoms with Crippen LogP contribution in [0.15, 0.2) is 66.7 Å². The van der Waals surface area contributed by atoms with E-state index in [9.17, 15) is 14.9 Å². The van der Waals surface area contributed by atoms with Crippen molar-refractivity contribution in [2.45, 2.75) is 0 Å². The first kappa shape index (κ1) is 19.1. The molecule has 0 unspecified atom stereocenters. The Balaban J connectivity index is 1.59. The van der Waals surface area contributed by atoms with Crippen molar-refractivity contribution in [1.82, 2.24) is 9.55 Å². The van der Waals surface area contributed by atoms with E-state index in [1.165, 1.54) is 25.3 Å². The van der Waals surface area contributed by atoms with Crippen molar-refractivity contribution in [3.63, 3.8) is 0 Å². The average molecular weight is 402 g/mol. The van der Waals surface area contributed by atoms with Crippen LogP contribution in [0.5, 0.6) is 5.75 Å². The van der Waals surface area contributed by atoms with Gasteiger partial charge in [0, 0.05) is 30.4 Å². The molecule has 3 aromatic carbocycles. The molecule has 1 amide bonds. The Labute approximate surface area is 171 Å². The summed E-state index contributed by atoms with van der Waals surface area (Å²) in [7, 11) is 3.36. The second-order valence-corrected chi connectivity index (χ2v) is 6.66. The molecule has 0 aliphatic carbocycles. The summed E-state index contributed by atoms with van der Waals surface area (Å²) in [6, 6.07) is 19.0. The number of para-hydroxylation sites is 2. The highest BCUT2D eigenvalue weighted by atomic mass is 16.6. The highest BCUT2D eigenvalue weighted by molar-refractivity contribution is 6.06. The number of nitrogens with zero attached hydrogens (tertiary/aromatic N) is 3. The summed E-state index contributed by atoms with van der Waals surface area (Å²) >= 11 is 0. The fourth-order valence-electron chi connectivity index (χ4n) is 3.29. The fourth-order valence-corrected chi connectivity index (χ4v) is 3.29. The topological polar surface area (TPSA) is 99.3 Å². The zero-order chi connectivity index (χ0) is 21.3. The van der Waals surface area contributed by atoms with Crippen molar-refractivity contribution in [3.05, 3.63) is 82.4 Å². The molecule has 0 radical (unpaired) electrons. The molecule has 4 aromatic rings. The Bertz CT molecular complexity index is 1260. The van der Waals surface area contributed by atoms with Crippen molar-refractivity contribution >= 4 is 28.3 Å². The molecule has 0 bridgehead atoms. The first-order valence-electron chi connectivity index (χ1n) is 9.13. The van der Waals surface area contributed by atoms with Gasteiger partial charge in [-0.05, 0) is 42.5 Å². The van der Waals surface area contributed by atoms with E-state index < -0.39 is 10.8 Å². The number of nitro benzene ring substituents is 1. The zero-order valence-corrected chi connectivity index (χ0v) is 16.3. The number of methoxy groups -OCH3 is 1. The highest BCUT2D eigenvalue weighted by Crippen LogP contribution is 2.27. The molecule has 1 N–H and O–H groups in total. The van der Waals surface area contributed by atoms with Gasteiger partial charge in [0.05, 0.1) is 28.6 Å². The Morgan fingerprint density at radius 2 is 1.83 bits per heavy atom. The Hall–Kier alpha value is -4.20. The minimum atomic E-state index is -0.554. The van der Waals surface area contributed by atoms with Gasteiger partial charge in [-0.3, -0.25) is 14.9 Å². The van der Waals surface area contributed by atoms with Gasteiger partial charge in [-0.1, -0.05) is 12.1 Å². The van der Waals surface area contributed by atoms with Crippen LogP contribution in [0.3, 0.4) is 0 Å². The second kappa shape index (κ2) is 7.67. The lowest BCUT2D eigenvalue weighted by Crippen LogP contribution is -2.13. The molecule has 0 saturated carbocycles. The molecule has 0 saturated heterocycles. The number of nitro groups is 1. The lowest BCUT2D eigenvalue weighted by molar-refractivity contribution is -0.384. The number of nitrogens with one attached hydrogen (secondary N) is 1. The van der Waals surface area contributed by atoms with E-state index in [1.54, 1.807) is 12.1 Å². The fraction of sp³-hybridized carbons (Fsp3) is 0.0909. The molecule has 0 aliphatic rings. The van der Waals surface area contributed by atoms with Crippen LogP contribution in [0.1, 0.15) is 10.4 Å². The van der Waals surface area contributed by atoms with Crippen LogP contribution in [-0.2, 0) is 7.05 Å². The first-order valence-corrected chi connectivity index (χ1v) is 9.13. The number of non-ortho nitro benzene ring substituents is 1. The molecule has 1 aromatic heterocycles. The van der Waals surface area contributed by atoms with E-state index in [0.717, 1.165) is 22.4 Å². The third-order valence-electron chi connectivity index (χ3n) is 4.83. The number of rotatable bonds is 5. The maximum absolute atomic E-state index is 12.7. The van der Waals surface area contributed by atoms with Crippen LogP contribution in [0.25, 0.3) is 22.4 Å². The minimum absolute atomic E-state index is 0.0890. The molecule has 8 nitrogen and oxygen atoms in total. The highest BCUT2D eigenvalue weighted by Gasteiger charge is 2.18. The maximum atomic E-state index is 12.7. The van der Waals surface area contributed by atoms with Crippen LogP contribution >= 0.6 is 0 Å². The van der Waals surface area contributed by atoms with E-state index in [-0.39, 0.29) is 17.0 Å². The van der Waals surface area contributed by atoms with E-state index >= 15 is 0 Å². The summed E-state index contributed by atoms with van der Waals surface area (Å²) in [6.45, 7) is 0. The molecule has 150 valence electrons. The largest absolute Gasteiger partial charge is 0.496 e. The maximum Gasteiger partial charge on any atom is 0.270 e. The molecule has 0 atom stereocenters. The number of aromatic nitrogens is 2. The lowest BCUT2D eigenvalue weighted by Gasteiger charge is -2.10. The zero-order valence-electron chi connectivity index (χ0n) is 16.3. The Morgan fingerprint density at radius 3 is 2.50 bits per heavy atom. The first-order chi connectivity index (χ1) is 14.5. The van der Waals surface area contributed by atoms with Gasteiger partial charge in [0.2, 0.25) is 0 Å². The van der Waals surface area contributed by atoms with E-state index in [0.29, 0.717) is 5.69 Å². The average Bonchev–Trinajstić information content (AvgIpc) is 3.10. The van der Waals surface area contributed by atoms with Crippen molar-refractivity contribution < 1.29 is 14.5 Å². The van der Waals surface area contributed by atoms with Crippen LogP contribution in [0.4, 0.5) is 11.4 Å². The number of hydrogen-bond acceptors (Lipinski definition) is 5. The number of fused-ring (bicyclic) bond motifs is 1. The summed E-state index contributed by atoms with van der Waals surface area (Å²) in [6.07, 6.45) is 0. The van der Waals surface area contributed by atoms with Gasteiger partial charge in [0.15, 0.2) is 0 Å². The number of hydrogen-bond donors (Lipinski definition) is 1. The van der Waals surface area contributed by atoms with Crippen LogP contribution in [0.2, 0.25) is 0 Å². The van der Waals surface area contributed by atoms with Crippen molar-refractivity contribution in [2.24, 2.45) is 7.05 Å². The third-order valence-corrected chi connectivity index (χ3v) is 4.83. The monoisotopic (exact) mass is 402 g/mol. The van der Waals surface area contributed by atoms with Crippen molar-refractivity contribution in [3.8, 4) is 17.1 Å². The van der Waals surface area contributed by atoms with E-state index in [1.807, 2.05) is 48.0 Å². The van der Waals surface area contributed by atoms with Gasteiger partial charge in [0.25, 0.3) is 11.6 Å². The lowest BCUT2D eigenvalue weighted by atomic mass is 10.1. The minimum Gasteiger partial charge on any atom is -0.496 e. The molecule has 0 aliphatic heterocycles. The van der Waals surface area contributed by atoms with Gasteiger partial charge in [-0.2, -0.15) is 0 Å². The third kappa shape index (κ3) is 3.46. The number of anilines is 1. The number of benzene rings is 3. The van der Waals surface area contributed by atoms with Crippen molar-refractivity contribution in [2.75, 3.05) is 12.4 Å². The van der Waals surface area contributed by atoms with E-state index in [4.69, 9.17) is 4.74 Å². The van der Waals surface area contributed by atoms with Gasteiger partial charge in [-0.25, -0.2) is 4.98 Å². The van der Waals surface area contributed by atoms with Crippen molar-refractivity contribution in [1.29, 1.82) is 0 Å². The van der Waals surface area contributed by atoms with E-state index in [2.05, 4.69) is 10.3 Å². The molecule has 1 heterocycles. The smallest absolute Gasteiger partial charge is 0.270 e. The van der Waals surface area contributed by atoms with Gasteiger partial charge in [0.1, 0.15) is 11.6 Å². The van der Waals surface area contributed by atoms with Crippen LogP contribution in [-0.4, -0.2) is 27.5 Å². The Kier molecular flexibility index (Phi) is 4.89. The molecule has 8 heteroatoms. The van der Waals surface area contributed by atoms with Gasteiger partial charge >= 0.3 is 0 Å². The number of ether oxygens (including phenoxy) is 1. The number of aryl methyl sites for hydroxylation is 1. The molecule has 0 fully saturated rings. The number of amides is 1. The van der Waals surface area contributed by atoms with Crippen LogP contribution in [0, 0.1) is 10.1 Å². The summed E-state index contributed by atoms with van der Waals surface area (Å²) in [5.41, 5.74) is 3.30. The predicted octanol–water partition coefficient (Wildman–Crippen LogP) is 4.41. The van der Waals surface area contributed by atoms with Gasteiger partial charge in [-0.15, -0.1) is 0 Å². The number of carbonyl (C=O) groups excluding carboxylic acids is 1. The standard InChI is InChI=1S/C22H18N4O4/c1-25-19-6-4-3-5-18(19)24-21(25)14-7-9-15(10-8-14)23-22(27)17-13-16(26(28)29)11-12-20(17)30-2/h3-13H,1-2H3,(H,23,27). The number of carbonyl (C=O) groups is 1. The molecule has 4 rings (SSSR count). The summed E-state index contributed by atoms with van der Waals surface area (Å²) in [5, 5.41) is 13.8. The number of imidazole rings is 1. The summed E-state index contributed by atoms with van der Waals surface area (Å²) in [5.74, 6) is 0.579. The normalized spacial score (nSPS) is 10.7. The molecular formula is C22H18N4O4. The SMILES string of the molecule is COc1ccc([N+](=O)[O-])cc1C(=O)Nc1ccc(-c2nc3ccccc3n2C)cc1. The summed E-state index contributed by atoms with van der Waals surface area (Å²) < 4.78 is 7.17.